The smallest absolute Gasteiger partial charge is 0.311 e. The molecular weight excluding hydrogens is 344 g/mol. The molecule has 4 rings (SSSR count). The molecule has 6 nitrogen and oxygen atoms in total. The van der Waals surface area contributed by atoms with Gasteiger partial charge in [-0.2, -0.15) is 0 Å². The van der Waals surface area contributed by atoms with Crippen molar-refractivity contribution in [3.8, 4) is 0 Å². The van der Waals surface area contributed by atoms with Crippen molar-refractivity contribution in [1.82, 2.24) is 4.90 Å². The molecular formula is C21H28N2O4. The maximum atomic E-state index is 13.4. The second-order valence-electron chi connectivity index (χ2n) is 8.18. The van der Waals surface area contributed by atoms with E-state index in [-0.39, 0.29) is 5.91 Å². The number of carbonyl (C=O) groups excluding carboxylic acids is 1. The van der Waals surface area contributed by atoms with E-state index >= 15 is 0 Å². The van der Waals surface area contributed by atoms with Gasteiger partial charge in [0, 0.05) is 31.9 Å². The number of aliphatic carboxylic acids is 1. The highest BCUT2D eigenvalue weighted by atomic mass is 16.5. The molecule has 0 radical (unpaired) electrons. The largest absolute Gasteiger partial charge is 0.481 e. The number of benzene rings is 1. The highest BCUT2D eigenvalue weighted by Gasteiger charge is 2.47. The van der Waals surface area contributed by atoms with E-state index in [4.69, 9.17) is 4.74 Å². The van der Waals surface area contributed by atoms with Gasteiger partial charge in [-0.3, -0.25) is 9.59 Å². The summed E-state index contributed by atoms with van der Waals surface area (Å²) in [5.41, 5.74) is 0.828. The third-order valence-corrected chi connectivity index (χ3v) is 6.18. The molecule has 27 heavy (non-hydrogen) atoms. The first-order valence-corrected chi connectivity index (χ1v) is 10.0. The lowest BCUT2D eigenvalue weighted by Gasteiger charge is -2.40. The maximum absolute atomic E-state index is 13.4. The first-order chi connectivity index (χ1) is 13.1. The first-order valence-electron chi connectivity index (χ1n) is 10.0. The number of hydrogen-bond acceptors (Lipinski definition) is 4. The van der Waals surface area contributed by atoms with Gasteiger partial charge in [0.2, 0.25) is 0 Å². The standard InChI is InChI=1S/C21H28N2O4/c24-19(17-4-1-2-5-18(17)22-10-12-27-13-11-22)23-9-3-8-21(15-23,20(25)26)14-16-6-7-16/h1-2,4-5,16H,3,6-15H2,(H,25,26)/t21-/m1/s1. The average Bonchev–Trinajstić information content (AvgIpc) is 3.52. The van der Waals surface area contributed by atoms with E-state index in [1.165, 1.54) is 0 Å². The molecule has 3 aliphatic rings. The number of anilines is 1. The summed E-state index contributed by atoms with van der Waals surface area (Å²) in [6.45, 7) is 3.83. The molecule has 2 aliphatic heterocycles. The van der Waals surface area contributed by atoms with E-state index in [2.05, 4.69) is 4.90 Å². The van der Waals surface area contributed by atoms with Gasteiger partial charge in [-0.15, -0.1) is 0 Å². The molecule has 1 atom stereocenters. The Kier molecular flexibility index (Phi) is 5.08. The van der Waals surface area contributed by atoms with Crippen molar-refractivity contribution in [2.75, 3.05) is 44.3 Å². The zero-order valence-corrected chi connectivity index (χ0v) is 15.7. The molecule has 1 aromatic rings. The summed E-state index contributed by atoms with van der Waals surface area (Å²) in [6.07, 6.45) is 4.39. The van der Waals surface area contributed by atoms with Gasteiger partial charge in [0.15, 0.2) is 0 Å². The fourth-order valence-electron chi connectivity index (χ4n) is 4.51. The molecule has 1 amide bonds. The lowest BCUT2D eigenvalue weighted by atomic mass is 9.75. The Hall–Kier alpha value is -2.08. The van der Waals surface area contributed by atoms with Gasteiger partial charge < -0.3 is 19.6 Å². The Morgan fingerprint density at radius 1 is 1.15 bits per heavy atom. The number of carboxylic acids is 1. The number of likely N-dealkylation sites (tertiary alicyclic amines) is 1. The Labute approximate surface area is 160 Å². The van der Waals surface area contributed by atoms with Crippen LogP contribution < -0.4 is 4.90 Å². The third-order valence-electron chi connectivity index (χ3n) is 6.18. The van der Waals surface area contributed by atoms with E-state index in [9.17, 15) is 14.7 Å². The summed E-state index contributed by atoms with van der Waals surface area (Å²) in [4.78, 5) is 29.4. The molecule has 0 unspecified atom stereocenters. The number of hydrogen-bond donors (Lipinski definition) is 1. The number of ether oxygens (including phenoxy) is 1. The molecule has 6 heteroatoms. The number of nitrogens with zero attached hydrogens (tertiary/aromatic N) is 2. The van der Waals surface area contributed by atoms with Crippen LogP contribution in [0.1, 0.15) is 42.5 Å². The van der Waals surface area contributed by atoms with Crippen molar-refractivity contribution < 1.29 is 19.4 Å². The molecule has 2 heterocycles. The molecule has 2 saturated heterocycles. The second kappa shape index (κ2) is 7.50. The third kappa shape index (κ3) is 3.81. The fourth-order valence-corrected chi connectivity index (χ4v) is 4.51. The summed E-state index contributed by atoms with van der Waals surface area (Å²) in [6, 6.07) is 7.68. The van der Waals surface area contributed by atoms with Crippen molar-refractivity contribution in [3.63, 3.8) is 0 Å². The summed E-state index contributed by atoms with van der Waals surface area (Å²) in [5.74, 6) is -0.261. The molecule has 0 spiro atoms. The molecule has 1 saturated carbocycles. The molecule has 1 aromatic carbocycles. The fraction of sp³-hybridized carbons (Fsp3) is 0.619. The van der Waals surface area contributed by atoms with Crippen molar-refractivity contribution in [2.24, 2.45) is 11.3 Å². The highest BCUT2D eigenvalue weighted by Crippen LogP contribution is 2.45. The predicted molar refractivity (Wildman–Crippen MR) is 102 cm³/mol. The van der Waals surface area contributed by atoms with E-state index < -0.39 is 11.4 Å². The number of piperidine rings is 1. The molecule has 0 aromatic heterocycles. The predicted octanol–water partition coefficient (Wildman–Crippen LogP) is 2.63. The zero-order valence-electron chi connectivity index (χ0n) is 15.7. The van der Waals surface area contributed by atoms with Crippen LogP contribution in [-0.2, 0) is 9.53 Å². The molecule has 146 valence electrons. The minimum Gasteiger partial charge on any atom is -0.481 e. The number of carbonyl (C=O) groups is 2. The number of morpholine rings is 1. The number of amides is 1. The Morgan fingerprint density at radius 2 is 1.89 bits per heavy atom. The van der Waals surface area contributed by atoms with Crippen LogP contribution in [0.4, 0.5) is 5.69 Å². The topological polar surface area (TPSA) is 70.1 Å². The van der Waals surface area contributed by atoms with Crippen LogP contribution in [0, 0.1) is 11.3 Å². The number of rotatable bonds is 5. The van der Waals surface area contributed by atoms with Gasteiger partial charge in [0.1, 0.15) is 0 Å². The molecule has 1 aliphatic carbocycles. The van der Waals surface area contributed by atoms with Crippen LogP contribution in [0.2, 0.25) is 0 Å². The van der Waals surface area contributed by atoms with Crippen LogP contribution in [0.5, 0.6) is 0 Å². The van der Waals surface area contributed by atoms with Crippen LogP contribution >= 0.6 is 0 Å². The maximum Gasteiger partial charge on any atom is 0.311 e. The minimum atomic E-state index is -0.775. The van der Waals surface area contributed by atoms with Gasteiger partial charge in [-0.1, -0.05) is 25.0 Å². The Bertz CT molecular complexity index is 712. The van der Waals surface area contributed by atoms with Crippen LogP contribution in [0.25, 0.3) is 0 Å². The van der Waals surface area contributed by atoms with Gasteiger partial charge in [0.25, 0.3) is 5.91 Å². The quantitative estimate of drug-likeness (QED) is 0.860. The minimum absolute atomic E-state index is 0.0433. The monoisotopic (exact) mass is 372 g/mol. The van der Waals surface area contributed by atoms with Crippen LogP contribution in [0.3, 0.4) is 0 Å². The normalized spacial score (nSPS) is 26.1. The van der Waals surface area contributed by atoms with E-state index in [1.54, 1.807) is 4.90 Å². The Morgan fingerprint density at radius 3 is 2.59 bits per heavy atom. The average molecular weight is 372 g/mol. The summed E-state index contributed by atoms with van der Waals surface area (Å²) in [5, 5.41) is 9.93. The van der Waals surface area contributed by atoms with Crippen LogP contribution in [-0.4, -0.2) is 61.3 Å². The van der Waals surface area contributed by atoms with Gasteiger partial charge in [0.05, 0.1) is 24.2 Å². The zero-order chi connectivity index (χ0) is 18.9. The van der Waals surface area contributed by atoms with Gasteiger partial charge in [-0.25, -0.2) is 0 Å². The van der Waals surface area contributed by atoms with Gasteiger partial charge >= 0.3 is 5.97 Å². The van der Waals surface area contributed by atoms with E-state index in [1.807, 2.05) is 24.3 Å². The lowest BCUT2D eigenvalue weighted by Crippen LogP contribution is -2.50. The highest BCUT2D eigenvalue weighted by molar-refractivity contribution is 6.00. The van der Waals surface area contributed by atoms with Crippen molar-refractivity contribution in [1.29, 1.82) is 0 Å². The van der Waals surface area contributed by atoms with Gasteiger partial charge in [-0.05, 0) is 37.3 Å². The summed E-state index contributed by atoms with van der Waals surface area (Å²) < 4.78 is 5.43. The summed E-state index contributed by atoms with van der Waals surface area (Å²) >= 11 is 0. The van der Waals surface area contributed by atoms with Crippen LogP contribution in [0.15, 0.2) is 24.3 Å². The molecule has 0 bridgehead atoms. The van der Waals surface area contributed by atoms with E-state index in [0.717, 1.165) is 38.0 Å². The van der Waals surface area contributed by atoms with Crippen molar-refractivity contribution in [2.45, 2.75) is 32.1 Å². The second-order valence-corrected chi connectivity index (χ2v) is 8.18. The first kappa shape index (κ1) is 18.3. The lowest BCUT2D eigenvalue weighted by molar-refractivity contribution is -0.152. The number of carboxylic acid groups (broad SMARTS) is 1. The molecule has 3 fully saturated rings. The van der Waals surface area contributed by atoms with Crippen molar-refractivity contribution in [3.05, 3.63) is 29.8 Å². The molecule has 1 N–H and O–H groups in total. The SMILES string of the molecule is O=C(c1ccccc1N1CCOCC1)N1CCC[C@](CC2CC2)(C(=O)O)C1. The van der Waals surface area contributed by atoms with E-state index in [0.29, 0.717) is 50.6 Å². The Balaban J connectivity index is 1.56. The summed E-state index contributed by atoms with van der Waals surface area (Å²) in [7, 11) is 0. The number of para-hydroxylation sites is 1. The van der Waals surface area contributed by atoms with Crippen molar-refractivity contribution >= 4 is 17.6 Å².